The highest BCUT2D eigenvalue weighted by molar-refractivity contribution is 5.86. The summed E-state index contributed by atoms with van der Waals surface area (Å²) in [6, 6.07) is -0.952. The number of primary amides is 1. The average molecular weight is 398 g/mol. The normalized spacial score (nSPS) is 22.1. The van der Waals surface area contributed by atoms with E-state index in [1.807, 2.05) is 13.8 Å². The van der Waals surface area contributed by atoms with Gasteiger partial charge in [-0.15, -0.1) is 0 Å². The van der Waals surface area contributed by atoms with Crippen LogP contribution in [0, 0.1) is 11.8 Å². The summed E-state index contributed by atoms with van der Waals surface area (Å²) < 4.78 is 4.90. The lowest BCUT2D eigenvalue weighted by Gasteiger charge is -2.27. The van der Waals surface area contributed by atoms with Crippen LogP contribution in [0.2, 0.25) is 0 Å². The third-order valence-corrected chi connectivity index (χ3v) is 4.84. The van der Waals surface area contributed by atoms with Crippen LogP contribution >= 0.6 is 0 Å². The summed E-state index contributed by atoms with van der Waals surface area (Å²) in [5.41, 5.74) is 5.05. The number of hydrogen-bond donors (Lipinski definition) is 5. The molecule has 2 fully saturated rings. The van der Waals surface area contributed by atoms with Gasteiger partial charge in [-0.2, -0.15) is 0 Å². The van der Waals surface area contributed by atoms with Crippen molar-refractivity contribution in [3.05, 3.63) is 0 Å². The number of nitrogens with one attached hydrogen (secondary N) is 3. The first-order valence-corrected chi connectivity index (χ1v) is 9.70. The molecule has 10 heteroatoms. The molecule has 4 amide bonds. The molecule has 1 saturated carbocycles. The van der Waals surface area contributed by atoms with Crippen molar-refractivity contribution in [3.8, 4) is 0 Å². The van der Waals surface area contributed by atoms with Crippen LogP contribution in [0.3, 0.4) is 0 Å². The van der Waals surface area contributed by atoms with Crippen molar-refractivity contribution < 1.29 is 29.0 Å². The van der Waals surface area contributed by atoms with Gasteiger partial charge in [-0.05, 0) is 38.0 Å². The lowest BCUT2D eigenvalue weighted by atomic mass is 9.94. The summed E-state index contributed by atoms with van der Waals surface area (Å²) in [4.78, 5) is 48.0. The molecule has 0 aromatic carbocycles. The van der Waals surface area contributed by atoms with Crippen LogP contribution in [-0.2, 0) is 19.1 Å². The van der Waals surface area contributed by atoms with Crippen molar-refractivity contribution in [2.24, 2.45) is 17.6 Å². The summed E-state index contributed by atoms with van der Waals surface area (Å²) in [6.07, 6.45) is -1.17. The van der Waals surface area contributed by atoms with E-state index in [1.165, 1.54) is 0 Å². The average Bonchev–Trinajstić information content (AvgIpc) is 3.32. The maximum Gasteiger partial charge on any atom is 0.405 e. The topological polar surface area (TPSA) is 160 Å². The van der Waals surface area contributed by atoms with Crippen molar-refractivity contribution >= 4 is 23.8 Å². The van der Waals surface area contributed by atoms with Gasteiger partial charge >= 0.3 is 6.09 Å². The first-order valence-electron chi connectivity index (χ1n) is 9.70. The van der Waals surface area contributed by atoms with Gasteiger partial charge in [-0.3, -0.25) is 14.4 Å². The molecule has 2 rings (SSSR count). The van der Waals surface area contributed by atoms with Crippen molar-refractivity contribution in [1.82, 2.24) is 16.0 Å². The zero-order valence-electron chi connectivity index (χ0n) is 16.3. The second-order valence-corrected chi connectivity index (χ2v) is 7.91. The van der Waals surface area contributed by atoms with Gasteiger partial charge in [-0.1, -0.05) is 13.8 Å². The van der Waals surface area contributed by atoms with Crippen molar-refractivity contribution in [2.75, 3.05) is 6.54 Å². The fourth-order valence-corrected chi connectivity index (χ4v) is 3.19. The molecule has 28 heavy (non-hydrogen) atoms. The van der Waals surface area contributed by atoms with E-state index in [-0.39, 0.29) is 30.7 Å². The molecule has 0 aromatic rings. The van der Waals surface area contributed by atoms with Crippen molar-refractivity contribution in [1.29, 1.82) is 0 Å². The zero-order valence-corrected chi connectivity index (χ0v) is 16.3. The van der Waals surface area contributed by atoms with Crippen LogP contribution in [0.4, 0.5) is 4.79 Å². The van der Waals surface area contributed by atoms with Crippen LogP contribution in [0.15, 0.2) is 0 Å². The quantitative estimate of drug-likeness (QED) is 0.322. The highest BCUT2D eigenvalue weighted by Gasteiger charge is 2.37. The van der Waals surface area contributed by atoms with Gasteiger partial charge < -0.3 is 31.5 Å². The van der Waals surface area contributed by atoms with E-state index in [4.69, 9.17) is 10.5 Å². The summed E-state index contributed by atoms with van der Waals surface area (Å²) in [7, 11) is 0. The molecule has 158 valence electrons. The van der Waals surface area contributed by atoms with Gasteiger partial charge in [0.25, 0.3) is 11.8 Å². The number of aliphatic hydroxyl groups excluding tert-OH is 1. The van der Waals surface area contributed by atoms with E-state index in [9.17, 15) is 24.3 Å². The summed E-state index contributed by atoms with van der Waals surface area (Å²) in [6.45, 7) is 4.21. The Bertz CT molecular complexity index is 607. The minimum Gasteiger partial charge on any atom is -0.436 e. The zero-order chi connectivity index (χ0) is 20.8. The number of hydrogen-bond acceptors (Lipinski definition) is 6. The van der Waals surface area contributed by atoms with Crippen LogP contribution in [0.1, 0.15) is 46.0 Å². The Morgan fingerprint density at radius 2 is 1.93 bits per heavy atom. The Kier molecular flexibility index (Phi) is 7.61. The van der Waals surface area contributed by atoms with E-state index >= 15 is 0 Å². The molecule has 1 aliphatic carbocycles. The first kappa shape index (κ1) is 21.9. The van der Waals surface area contributed by atoms with Gasteiger partial charge in [-0.25, -0.2) is 4.79 Å². The largest absolute Gasteiger partial charge is 0.436 e. The van der Waals surface area contributed by atoms with E-state index in [0.717, 1.165) is 12.8 Å². The van der Waals surface area contributed by atoms with Gasteiger partial charge in [0.2, 0.25) is 5.91 Å². The van der Waals surface area contributed by atoms with Crippen LogP contribution in [-0.4, -0.2) is 59.8 Å². The number of aliphatic hydroxyl groups is 1. The molecule has 0 radical (unpaired) electrons. The molecule has 6 N–H and O–H groups in total. The SMILES string of the molecule is CC(C)C[C@H](OC(N)=O)C(=O)N[C@@H](C[C@@H]1CCNC1=O)C(O)C(=O)NC1CC1. The van der Waals surface area contributed by atoms with Crippen LogP contribution < -0.4 is 21.7 Å². The van der Waals surface area contributed by atoms with E-state index < -0.39 is 42.1 Å². The second kappa shape index (κ2) is 9.72. The molecular weight excluding hydrogens is 368 g/mol. The maximum atomic E-state index is 12.7. The highest BCUT2D eigenvalue weighted by atomic mass is 16.6. The van der Waals surface area contributed by atoms with E-state index in [2.05, 4.69) is 16.0 Å². The lowest BCUT2D eigenvalue weighted by molar-refractivity contribution is -0.136. The maximum absolute atomic E-state index is 12.7. The minimum atomic E-state index is -1.52. The summed E-state index contributed by atoms with van der Waals surface area (Å²) in [5, 5.41) is 18.5. The fraction of sp³-hybridized carbons (Fsp3) is 0.778. The molecule has 10 nitrogen and oxygen atoms in total. The predicted molar refractivity (Wildman–Crippen MR) is 98.7 cm³/mol. The van der Waals surface area contributed by atoms with Crippen molar-refractivity contribution in [2.45, 2.75) is 70.2 Å². The summed E-state index contributed by atoms with van der Waals surface area (Å²) >= 11 is 0. The monoisotopic (exact) mass is 398 g/mol. The third-order valence-electron chi connectivity index (χ3n) is 4.84. The molecule has 4 atom stereocenters. The molecular formula is C18H30N4O6. The van der Waals surface area contributed by atoms with Gasteiger partial charge in [0.15, 0.2) is 12.2 Å². The number of carbonyl (C=O) groups excluding carboxylic acids is 4. The molecule has 1 saturated heterocycles. The van der Waals surface area contributed by atoms with E-state index in [1.54, 1.807) is 0 Å². The Labute approximate surface area is 163 Å². The van der Waals surface area contributed by atoms with E-state index in [0.29, 0.717) is 13.0 Å². The number of rotatable bonds is 10. The van der Waals surface area contributed by atoms with Gasteiger partial charge in [0, 0.05) is 18.5 Å². The number of amides is 4. The van der Waals surface area contributed by atoms with Crippen LogP contribution in [0.5, 0.6) is 0 Å². The molecule has 1 heterocycles. The fourth-order valence-electron chi connectivity index (χ4n) is 3.19. The highest BCUT2D eigenvalue weighted by Crippen LogP contribution is 2.21. The summed E-state index contributed by atoms with van der Waals surface area (Å²) in [5.74, 6) is -1.82. The van der Waals surface area contributed by atoms with Crippen molar-refractivity contribution in [3.63, 3.8) is 0 Å². The Morgan fingerprint density at radius 3 is 2.43 bits per heavy atom. The molecule has 0 bridgehead atoms. The number of ether oxygens (including phenoxy) is 1. The molecule has 1 aliphatic heterocycles. The standard InChI is InChI=1S/C18H30N4O6/c1-9(2)7-13(28-18(19)27)16(25)22-12(8-10-5-6-20-15(10)24)14(23)17(26)21-11-3-4-11/h9-14,23H,3-8H2,1-2H3,(H2,19,27)(H,20,24)(H,21,26)(H,22,25)/t10-,12-,13-,14?/m0/s1. The number of carbonyl (C=O) groups is 4. The van der Waals surface area contributed by atoms with Gasteiger partial charge in [0.05, 0.1) is 6.04 Å². The van der Waals surface area contributed by atoms with Crippen LogP contribution in [0.25, 0.3) is 0 Å². The smallest absolute Gasteiger partial charge is 0.405 e. The first-order chi connectivity index (χ1) is 13.2. The Morgan fingerprint density at radius 1 is 1.25 bits per heavy atom. The predicted octanol–water partition coefficient (Wildman–Crippen LogP) is -0.853. The lowest BCUT2D eigenvalue weighted by Crippen LogP contribution is -2.54. The molecule has 2 aliphatic rings. The second-order valence-electron chi connectivity index (χ2n) is 7.91. The Balaban J connectivity index is 2.08. The minimum absolute atomic E-state index is 0.0391. The molecule has 0 aromatic heterocycles. The van der Waals surface area contributed by atoms with Gasteiger partial charge in [0.1, 0.15) is 0 Å². The Hall–Kier alpha value is -2.36. The number of nitrogens with two attached hydrogens (primary N) is 1. The molecule has 0 spiro atoms. The molecule has 1 unspecified atom stereocenters. The third kappa shape index (κ3) is 6.66.